The molecular weight excluding hydrogens is 324 g/mol. The molecule has 0 radical (unpaired) electrons. The molecule has 0 spiro atoms. The van der Waals surface area contributed by atoms with Crippen LogP contribution < -0.4 is 4.90 Å². The highest BCUT2D eigenvalue weighted by Gasteiger charge is 2.08. The lowest BCUT2D eigenvalue weighted by atomic mass is 10.1. The topological polar surface area (TPSA) is 27.0 Å². The number of benzene rings is 2. The average molecular weight is 336 g/mol. The van der Waals surface area contributed by atoms with E-state index in [0.717, 1.165) is 16.7 Å². The first-order chi connectivity index (χ1) is 9.10. The SMILES string of the molecule is CN(Cc1ccc(Br)cc1)c1cc(Cl)ccc1C#N. The van der Waals surface area contributed by atoms with Crippen LogP contribution in [-0.4, -0.2) is 7.05 Å². The number of hydrogen-bond donors (Lipinski definition) is 0. The molecule has 0 N–H and O–H groups in total. The summed E-state index contributed by atoms with van der Waals surface area (Å²) in [5, 5.41) is 9.77. The summed E-state index contributed by atoms with van der Waals surface area (Å²) in [5.74, 6) is 0. The van der Waals surface area contributed by atoms with E-state index >= 15 is 0 Å². The summed E-state index contributed by atoms with van der Waals surface area (Å²) in [6, 6.07) is 15.6. The maximum atomic E-state index is 9.13. The van der Waals surface area contributed by atoms with Crippen molar-refractivity contribution in [1.82, 2.24) is 0 Å². The lowest BCUT2D eigenvalue weighted by molar-refractivity contribution is 0.920. The van der Waals surface area contributed by atoms with Crippen LogP contribution in [-0.2, 0) is 6.54 Å². The van der Waals surface area contributed by atoms with Gasteiger partial charge in [-0.2, -0.15) is 5.26 Å². The van der Waals surface area contributed by atoms with Gasteiger partial charge in [0, 0.05) is 23.1 Å². The highest BCUT2D eigenvalue weighted by molar-refractivity contribution is 9.10. The molecule has 96 valence electrons. The fourth-order valence-corrected chi connectivity index (χ4v) is 2.29. The third kappa shape index (κ3) is 3.50. The molecular formula is C15H12BrClN2. The monoisotopic (exact) mass is 334 g/mol. The van der Waals surface area contributed by atoms with Gasteiger partial charge in [-0.15, -0.1) is 0 Å². The zero-order chi connectivity index (χ0) is 13.8. The maximum absolute atomic E-state index is 9.13. The van der Waals surface area contributed by atoms with E-state index in [1.807, 2.05) is 30.1 Å². The third-order valence-electron chi connectivity index (χ3n) is 2.82. The summed E-state index contributed by atoms with van der Waals surface area (Å²) in [5.41, 5.74) is 2.65. The summed E-state index contributed by atoms with van der Waals surface area (Å²) in [7, 11) is 1.95. The van der Waals surface area contributed by atoms with Crippen molar-refractivity contribution in [2.24, 2.45) is 0 Å². The number of rotatable bonds is 3. The Kier molecular flexibility index (Phi) is 4.47. The van der Waals surface area contributed by atoms with Gasteiger partial charge < -0.3 is 4.90 Å². The predicted octanol–water partition coefficient (Wildman–Crippen LogP) is 4.61. The van der Waals surface area contributed by atoms with Gasteiger partial charge >= 0.3 is 0 Å². The van der Waals surface area contributed by atoms with Crippen molar-refractivity contribution in [2.45, 2.75) is 6.54 Å². The summed E-state index contributed by atoms with van der Waals surface area (Å²) < 4.78 is 1.05. The van der Waals surface area contributed by atoms with Crippen LogP contribution in [0.2, 0.25) is 5.02 Å². The van der Waals surface area contributed by atoms with E-state index in [4.69, 9.17) is 16.9 Å². The van der Waals surface area contributed by atoms with Crippen LogP contribution in [0.1, 0.15) is 11.1 Å². The molecule has 0 heterocycles. The normalized spacial score (nSPS) is 10.0. The minimum atomic E-state index is 0.629. The van der Waals surface area contributed by atoms with Crippen molar-refractivity contribution in [3.63, 3.8) is 0 Å². The molecule has 0 aliphatic carbocycles. The zero-order valence-corrected chi connectivity index (χ0v) is 12.7. The maximum Gasteiger partial charge on any atom is 0.101 e. The average Bonchev–Trinajstić information content (AvgIpc) is 2.41. The summed E-state index contributed by atoms with van der Waals surface area (Å²) >= 11 is 9.41. The van der Waals surface area contributed by atoms with E-state index in [-0.39, 0.29) is 0 Å². The second-order valence-electron chi connectivity index (χ2n) is 4.26. The molecule has 19 heavy (non-hydrogen) atoms. The van der Waals surface area contributed by atoms with Crippen molar-refractivity contribution in [3.05, 3.63) is 63.1 Å². The van der Waals surface area contributed by atoms with Crippen LogP contribution in [0.5, 0.6) is 0 Å². The number of halogens is 2. The van der Waals surface area contributed by atoms with Crippen molar-refractivity contribution >= 4 is 33.2 Å². The van der Waals surface area contributed by atoms with Crippen LogP contribution in [0.3, 0.4) is 0 Å². The van der Waals surface area contributed by atoms with Crippen molar-refractivity contribution in [2.75, 3.05) is 11.9 Å². The molecule has 2 rings (SSSR count). The smallest absolute Gasteiger partial charge is 0.101 e. The van der Waals surface area contributed by atoms with E-state index in [9.17, 15) is 0 Å². The molecule has 2 aromatic rings. The number of anilines is 1. The molecule has 0 amide bonds. The van der Waals surface area contributed by atoms with Gasteiger partial charge in [-0.3, -0.25) is 0 Å². The van der Waals surface area contributed by atoms with Crippen molar-refractivity contribution in [1.29, 1.82) is 5.26 Å². The molecule has 0 atom stereocenters. The Morgan fingerprint density at radius 2 is 1.89 bits per heavy atom. The van der Waals surface area contributed by atoms with Crippen LogP contribution in [0.25, 0.3) is 0 Å². The van der Waals surface area contributed by atoms with Crippen LogP contribution in [0.15, 0.2) is 46.9 Å². The van der Waals surface area contributed by atoms with E-state index in [1.165, 1.54) is 5.56 Å². The van der Waals surface area contributed by atoms with Crippen LogP contribution in [0.4, 0.5) is 5.69 Å². The molecule has 0 unspecified atom stereocenters. The zero-order valence-electron chi connectivity index (χ0n) is 10.4. The fourth-order valence-electron chi connectivity index (χ4n) is 1.86. The van der Waals surface area contributed by atoms with Gasteiger partial charge in [0.05, 0.1) is 11.3 Å². The first kappa shape index (κ1) is 13.9. The van der Waals surface area contributed by atoms with Gasteiger partial charge in [0.15, 0.2) is 0 Å². The highest BCUT2D eigenvalue weighted by Crippen LogP contribution is 2.25. The van der Waals surface area contributed by atoms with Gasteiger partial charge in [-0.1, -0.05) is 39.7 Å². The van der Waals surface area contributed by atoms with E-state index in [0.29, 0.717) is 10.6 Å². The summed E-state index contributed by atoms with van der Waals surface area (Å²) in [6.07, 6.45) is 0. The Balaban J connectivity index is 2.25. The van der Waals surface area contributed by atoms with Crippen molar-refractivity contribution < 1.29 is 0 Å². The summed E-state index contributed by atoms with van der Waals surface area (Å²) in [6.45, 7) is 0.725. The molecule has 0 saturated heterocycles. The Morgan fingerprint density at radius 1 is 1.21 bits per heavy atom. The van der Waals surface area contributed by atoms with Crippen LogP contribution in [0, 0.1) is 11.3 Å². The Bertz CT molecular complexity index is 617. The number of nitriles is 1. The largest absolute Gasteiger partial charge is 0.369 e. The first-order valence-corrected chi connectivity index (χ1v) is 6.92. The lowest BCUT2D eigenvalue weighted by Gasteiger charge is -2.21. The molecule has 0 aliphatic heterocycles. The van der Waals surface area contributed by atoms with E-state index < -0.39 is 0 Å². The van der Waals surface area contributed by atoms with E-state index in [2.05, 4.69) is 34.1 Å². The first-order valence-electron chi connectivity index (χ1n) is 5.75. The molecule has 4 heteroatoms. The summed E-state index contributed by atoms with van der Waals surface area (Å²) in [4.78, 5) is 2.02. The number of nitrogens with zero attached hydrogens (tertiary/aromatic N) is 2. The Hall–Kier alpha value is -1.50. The molecule has 0 aliphatic rings. The van der Waals surface area contributed by atoms with Gasteiger partial charge in [-0.05, 0) is 35.9 Å². The second-order valence-corrected chi connectivity index (χ2v) is 5.61. The Morgan fingerprint density at radius 3 is 2.53 bits per heavy atom. The Labute approximate surface area is 126 Å². The quantitative estimate of drug-likeness (QED) is 0.819. The van der Waals surface area contributed by atoms with Crippen LogP contribution >= 0.6 is 27.5 Å². The van der Waals surface area contributed by atoms with Crippen molar-refractivity contribution in [3.8, 4) is 6.07 Å². The van der Waals surface area contributed by atoms with Gasteiger partial charge in [-0.25, -0.2) is 0 Å². The van der Waals surface area contributed by atoms with Gasteiger partial charge in [0.1, 0.15) is 6.07 Å². The predicted molar refractivity (Wildman–Crippen MR) is 82.4 cm³/mol. The lowest BCUT2D eigenvalue weighted by Crippen LogP contribution is -2.17. The minimum absolute atomic E-state index is 0.629. The molecule has 2 nitrogen and oxygen atoms in total. The van der Waals surface area contributed by atoms with E-state index in [1.54, 1.807) is 12.1 Å². The molecule has 0 fully saturated rings. The minimum Gasteiger partial charge on any atom is -0.369 e. The second kappa shape index (κ2) is 6.10. The van der Waals surface area contributed by atoms with Gasteiger partial charge in [0.2, 0.25) is 0 Å². The number of hydrogen-bond acceptors (Lipinski definition) is 2. The third-order valence-corrected chi connectivity index (χ3v) is 3.59. The molecule has 0 aromatic heterocycles. The molecule has 0 bridgehead atoms. The molecule has 0 saturated carbocycles. The highest BCUT2D eigenvalue weighted by atomic mass is 79.9. The fraction of sp³-hybridized carbons (Fsp3) is 0.133. The van der Waals surface area contributed by atoms with Gasteiger partial charge in [0.25, 0.3) is 0 Å². The molecule has 2 aromatic carbocycles. The standard InChI is InChI=1S/C15H12BrClN2/c1-19(10-11-2-5-13(16)6-3-11)15-8-14(17)7-4-12(15)9-18/h2-8H,10H2,1H3.